The summed E-state index contributed by atoms with van der Waals surface area (Å²) in [6.07, 6.45) is 0. The van der Waals surface area contributed by atoms with Gasteiger partial charge in [-0.15, -0.1) is 11.3 Å². The minimum absolute atomic E-state index is 0. The molecule has 110 valence electrons. The zero-order chi connectivity index (χ0) is 14.6. The van der Waals surface area contributed by atoms with Gasteiger partial charge in [-0.25, -0.2) is 0 Å². The van der Waals surface area contributed by atoms with Gasteiger partial charge >= 0.3 is 0 Å². The van der Waals surface area contributed by atoms with E-state index in [2.05, 4.69) is 45.5 Å². The van der Waals surface area contributed by atoms with Gasteiger partial charge in [-0.3, -0.25) is 4.79 Å². The zero-order valence-electron chi connectivity index (χ0n) is 11.8. The summed E-state index contributed by atoms with van der Waals surface area (Å²) in [5.74, 6) is 0.133. The highest BCUT2D eigenvalue weighted by Gasteiger charge is 2.12. The zero-order valence-corrected chi connectivity index (χ0v) is 13.6. The first-order valence-corrected chi connectivity index (χ1v) is 7.45. The molecule has 0 aliphatic rings. The summed E-state index contributed by atoms with van der Waals surface area (Å²) in [7, 11) is 0. The second-order valence-corrected chi connectivity index (χ2v) is 5.87. The summed E-state index contributed by atoms with van der Waals surface area (Å²) in [6, 6.07) is 8.14. The van der Waals surface area contributed by atoms with Crippen molar-refractivity contribution < 1.29 is 4.79 Å². The van der Waals surface area contributed by atoms with Gasteiger partial charge in [0.1, 0.15) is 0 Å². The molecule has 0 aliphatic heterocycles. The van der Waals surface area contributed by atoms with Crippen molar-refractivity contribution in [2.75, 3.05) is 0 Å². The van der Waals surface area contributed by atoms with Gasteiger partial charge in [0, 0.05) is 4.88 Å². The Kier molecular flexibility index (Phi) is 7.84. The van der Waals surface area contributed by atoms with Crippen molar-refractivity contribution in [3.05, 3.63) is 47.2 Å². The summed E-state index contributed by atoms with van der Waals surface area (Å²) in [6.45, 7) is 10.8. The minimum Gasteiger partial charge on any atom is -0.346 e. The average Bonchev–Trinajstić information content (AvgIpc) is 2.79. The van der Waals surface area contributed by atoms with Crippen molar-refractivity contribution in [2.45, 2.75) is 40.0 Å². The normalized spacial score (nSPS) is 9.30. The number of rotatable bonds is 2. The fraction of sp³-hybridized carbons (Fsp3) is 0.294. The molecule has 0 aliphatic carbocycles. The number of ketones is 1. The van der Waals surface area contributed by atoms with Gasteiger partial charge in [-0.05, 0) is 74.4 Å². The third kappa shape index (κ3) is 4.22. The van der Waals surface area contributed by atoms with Gasteiger partial charge in [0.15, 0.2) is 10.7 Å². The Labute approximate surface area is 132 Å². The maximum atomic E-state index is 11.3. The maximum absolute atomic E-state index is 11.3. The molecule has 1 aromatic carbocycles. The van der Waals surface area contributed by atoms with E-state index >= 15 is 0 Å². The predicted molar refractivity (Wildman–Crippen MR) is 95.4 cm³/mol. The fourth-order valence-electron chi connectivity index (χ4n) is 2.01. The van der Waals surface area contributed by atoms with Crippen LogP contribution in [0.15, 0.2) is 29.2 Å². The summed E-state index contributed by atoms with van der Waals surface area (Å²) in [4.78, 5) is 14.4. The first-order valence-electron chi connectivity index (χ1n) is 6.13. The molecule has 0 bridgehead atoms. The highest BCUT2D eigenvalue weighted by atomic mass is 32.1. The summed E-state index contributed by atoms with van der Waals surface area (Å²) in [5, 5.41) is 0. The molecule has 0 amide bonds. The van der Waals surface area contributed by atoms with Crippen LogP contribution < -0.4 is 0 Å². The highest BCUT2D eigenvalue weighted by molar-refractivity contribution is 7.58. The van der Waals surface area contributed by atoms with Crippen LogP contribution in [0, 0.1) is 20.8 Å². The quantitative estimate of drug-likeness (QED) is 0.429. The van der Waals surface area contributed by atoms with Crippen LogP contribution in [0.4, 0.5) is 0 Å². The second-order valence-electron chi connectivity index (χ2n) is 4.21. The van der Waals surface area contributed by atoms with Crippen molar-refractivity contribution in [1.82, 2.24) is 0 Å². The molecule has 0 saturated heterocycles. The van der Waals surface area contributed by atoms with Crippen LogP contribution in [0.3, 0.4) is 0 Å². The molecule has 0 N–H and O–H groups in total. The summed E-state index contributed by atoms with van der Waals surface area (Å²) >= 11 is 5.11. The lowest BCUT2D eigenvalue weighted by Gasteiger charge is -2.07. The van der Waals surface area contributed by atoms with Crippen LogP contribution in [0.1, 0.15) is 42.1 Å². The Morgan fingerprint density at radius 2 is 1.65 bits per heavy atom. The van der Waals surface area contributed by atoms with E-state index in [1.807, 2.05) is 12.1 Å². The van der Waals surface area contributed by atoms with E-state index in [1.54, 1.807) is 25.2 Å². The van der Waals surface area contributed by atoms with Gasteiger partial charge in [-0.2, -0.15) is 6.92 Å². The van der Waals surface area contributed by atoms with Crippen LogP contribution in [0.5, 0.6) is 0 Å². The number of benzene rings is 1. The number of hydrogen-bond donors (Lipinski definition) is 0. The van der Waals surface area contributed by atoms with Crippen LogP contribution in [-0.2, 0) is 12.6 Å². The molecule has 0 radical (unpaired) electrons. The molecule has 20 heavy (non-hydrogen) atoms. The van der Waals surface area contributed by atoms with Gasteiger partial charge in [0.05, 0.1) is 4.88 Å². The third-order valence-electron chi connectivity index (χ3n) is 2.73. The molecule has 1 nitrogen and oxygen atoms in total. The average molecular weight is 309 g/mol. The topological polar surface area (TPSA) is 17.1 Å². The number of carbonyl (C=O) groups is 1. The highest BCUT2D eigenvalue weighted by Crippen LogP contribution is 2.34. The number of hydrogen-bond acceptors (Lipinski definition) is 2. The molecule has 0 spiro atoms. The van der Waals surface area contributed by atoms with Crippen LogP contribution in [0.25, 0.3) is 10.4 Å². The largest absolute Gasteiger partial charge is 0.346 e. The van der Waals surface area contributed by atoms with Crippen LogP contribution >= 0.6 is 11.3 Å². The van der Waals surface area contributed by atoms with E-state index in [9.17, 15) is 4.79 Å². The molecule has 1 heterocycles. The number of aryl methyl sites for hydroxylation is 2. The lowest BCUT2D eigenvalue weighted by atomic mass is 10.0. The Bertz CT molecular complexity index is 559. The number of carbonyl (C=O) groups excluding carboxylic acids is 1. The maximum Gasteiger partial charge on any atom is 0.169 e. The molecular formula is C17H24OS2. The van der Waals surface area contributed by atoms with Crippen molar-refractivity contribution in [3.63, 3.8) is 0 Å². The van der Waals surface area contributed by atoms with Crippen LogP contribution in [-0.4, -0.2) is 5.78 Å². The van der Waals surface area contributed by atoms with Crippen molar-refractivity contribution >= 4 is 29.7 Å². The molecule has 3 heteroatoms. The molecule has 0 fully saturated rings. The van der Waals surface area contributed by atoms with E-state index in [4.69, 9.17) is 0 Å². The summed E-state index contributed by atoms with van der Waals surface area (Å²) in [5.41, 5.74) is 3.70. The molecule has 2 aromatic rings. The Hall–Kier alpha value is -1.06. The monoisotopic (exact) mass is 308 g/mol. The van der Waals surface area contributed by atoms with Crippen LogP contribution in [0.2, 0.25) is 0 Å². The van der Waals surface area contributed by atoms with E-state index in [1.165, 1.54) is 16.7 Å². The van der Waals surface area contributed by atoms with Crippen molar-refractivity contribution in [2.24, 2.45) is 0 Å². The van der Waals surface area contributed by atoms with Gasteiger partial charge < -0.3 is 6.92 Å². The van der Waals surface area contributed by atoms with E-state index < -0.39 is 0 Å². The number of Topliss-reactive ketones (excluding diaryl/α,β-unsaturated/α-hetero) is 1. The van der Waals surface area contributed by atoms with E-state index in [-0.39, 0.29) is 13.2 Å². The van der Waals surface area contributed by atoms with Crippen molar-refractivity contribution in [3.8, 4) is 10.4 Å². The van der Waals surface area contributed by atoms with Gasteiger partial charge in [0.2, 0.25) is 0 Å². The Morgan fingerprint density at radius 3 is 2.05 bits per heavy atom. The first-order chi connectivity index (χ1) is 8.99. The molecule has 1 aromatic heterocycles. The molecule has 2 rings (SSSR count). The second kappa shape index (κ2) is 8.28. The predicted octanol–water partition coefficient (Wildman–Crippen LogP) is 5.08. The van der Waals surface area contributed by atoms with Gasteiger partial charge in [-0.1, -0.05) is 7.43 Å². The standard InChI is InChI=1S/C14H14OS2.C2H5.CH4/c1-8-6-11(16)7-9(2)14(8)13-5-4-12(17-13)10(3)15;1-2;/h4-7,16H,1-3H3;1H2,2H3;1H4/q;-1;/p+1. The Balaban J connectivity index is 0.00000115. The third-order valence-corrected chi connectivity index (χ3v) is 4.22. The Morgan fingerprint density at radius 1 is 1.15 bits per heavy atom. The first kappa shape index (κ1) is 18.9. The molecule has 0 unspecified atom stereocenters. The lowest BCUT2D eigenvalue weighted by molar-refractivity contribution is 0.102. The van der Waals surface area contributed by atoms with E-state index in [0.717, 1.165) is 14.6 Å². The van der Waals surface area contributed by atoms with Gasteiger partial charge in [0.25, 0.3) is 0 Å². The summed E-state index contributed by atoms with van der Waals surface area (Å²) < 4.78 is 0. The number of thiophene rings is 1. The molecule has 0 saturated carbocycles. The SMILES string of the molecule is C.CC(=O)c1ccc(-c2c(C)cc([SH2+])cc2C)s1.[CH2-]C. The van der Waals surface area contributed by atoms with Crippen molar-refractivity contribution in [1.29, 1.82) is 0 Å². The minimum atomic E-state index is 0. The molecular weight excluding hydrogens is 284 g/mol. The molecule has 0 atom stereocenters. The smallest absolute Gasteiger partial charge is 0.169 e. The lowest BCUT2D eigenvalue weighted by Crippen LogP contribution is -1.87. The fourth-order valence-corrected chi connectivity index (χ4v) is 3.52. The van der Waals surface area contributed by atoms with E-state index in [0.29, 0.717) is 0 Å².